The quantitative estimate of drug-likeness (QED) is 0.517. The second-order valence-corrected chi connectivity index (χ2v) is 6.85. The minimum Gasteiger partial charge on any atom is -0.490 e. The van der Waals surface area contributed by atoms with Gasteiger partial charge in [0.1, 0.15) is 0 Å². The van der Waals surface area contributed by atoms with Gasteiger partial charge < -0.3 is 14.2 Å². The number of ether oxygens (including phenoxy) is 3. The van der Waals surface area contributed by atoms with E-state index in [9.17, 15) is 9.36 Å². The predicted molar refractivity (Wildman–Crippen MR) is 76.6 cm³/mol. The standard InChI is InChI=1S/C13H21O8P/c1-13(2,3)21-22(15,18-6)19-8-7-9-10(16-4)11(17-5)12(14)20-9/h7H,8H2,1-6H3/b9-7+. The Morgan fingerprint density at radius 1 is 1.14 bits per heavy atom. The fraction of sp³-hybridized carbons (Fsp3) is 0.615. The van der Waals surface area contributed by atoms with E-state index in [1.54, 1.807) is 20.8 Å². The van der Waals surface area contributed by atoms with Crippen LogP contribution in [0.15, 0.2) is 23.4 Å². The lowest BCUT2D eigenvalue weighted by Crippen LogP contribution is -2.18. The molecule has 0 N–H and O–H groups in total. The van der Waals surface area contributed by atoms with Crippen LogP contribution in [-0.4, -0.2) is 39.5 Å². The Balaban J connectivity index is 2.79. The van der Waals surface area contributed by atoms with Crippen molar-refractivity contribution in [3.05, 3.63) is 23.4 Å². The first kappa shape index (κ1) is 18.7. The number of hydrogen-bond donors (Lipinski definition) is 0. The van der Waals surface area contributed by atoms with Crippen LogP contribution in [0.2, 0.25) is 0 Å². The van der Waals surface area contributed by atoms with E-state index in [4.69, 9.17) is 27.8 Å². The van der Waals surface area contributed by atoms with Crippen molar-refractivity contribution in [1.29, 1.82) is 0 Å². The normalized spacial score (nSPS) is 20.1. The highest BCUT2D eigenvalue weighted by atomic mass is 31.2. The summed E-state index contributed by atoms with van der Waals surface area (Å²) in [5, 5.41) is 0. The highest BCUT2D eigenvalue weighted by molar-refractivity contribution is 7.48. The van der Waals surface area contributed by atoms with Gasteiger partial charge in [0.05, 0.1) is 26.4 Å². The first-order chi connectivity index (χ1) is 10.2. The van der Waals surface area contributed by atoms with Crippen LogP contribution in [0.3, 0.4) is 0 Å². The molecule has 0 spiro atoms. The van der Waals surface area contributed by atoms with E-state index >= 15 is 0 Å². The first-order valence-electron chi connectivity index (χ1n) is 6.42. The molecule has 0 aromatic carbocycles. The van der Waals surface area contributed by atoms with Gasteiger partial charge in [0.25, 0.3) is 5.76 Å². The van der Waals surface area contributed by atoms with Crippen molar-refractivity contribution in [2.24, 2.45) is 0 Å². The number of esters is 1. The summed E-state index contributed by atoms with van der Waals surface area (Å²) in [7, 11) is 0.197. The Morgan fingerprint density at radius 2 is 1.73 bits per heavy atom. The fourth-order valence-electron chi connectivity index (χ4n) is 1.56. The van der Waals surface area contributed by atoms with Crippen molar-refractivity contribution in [2.75, 3.05) is 27.9 Å². The number of phosphoric acid groups is 1. The van der Waals surface area contributed by atoms with Crippen LogP contribution < -0.4 is 0 Å². The van der Waals surface area contributed by atoms with Gasteiger partial charge in [0.15, 0.2) is 5.76 Å². The predicted octanol–water partition coefficient (Wildman–Crippen LogP) is 2.52. The molecule has 1 heterocycles. The second-order valence-electron chi connectivity index (χ2n) is 5.15. The van der Waals surface area contributed by atoms with Crippen molar-refractivity contribution in [2.45, 2.75) is 26.4 Å². The summed E-state index contributed by atoms with van der Waals surface area (Å²) in [6.07, 6.45) is 1.38. The van der Waals surface area contributed by atoms with E-state index in [1.807, 2.05) is 0 Å². The summed E-state index contributed by atoms with van der Waals surface area (Å²) >= 11 is 0. The maximum atomic E-state index is 12.2. The molecule has 126 valence electrons. The molecular formula is C13H21O8P. The van der Waals surface area contributed by atoms with Crippen molar-refractivity contribution in [1.82, 2.24) is 0 Å². The number of cyclic esters (lactones) is 1. The lowest BCUT2D eigenvalue weighted by atomic mass is 10.2. The van der Waals surface area contributed by atoms with Crippen LogP contribution in [0.5, 0.6) is 0 Å². The van der Waals surface area contributed by atoms with Gasteiger partial charge in [-0.1, -0.05) is 0 Å². The van der Waals surface area contributed by atoms with Crippen LogP contribution >= 0.6 is 7.82 Å². The van der Waals surface area contributed by atoms with Gasteiger partial charge in [-0.2, -0.15) is 0 Å². The van der Waals surface area contributed by atoms with E-state index in [-0.39, 0.29) is 23.9 Å². The molecule has 1 aliphatic heterocycles. The molecule has 0 bridgehead atoms. The van der Waals surface area contributed by atoms with E-state index in [0.717, 1.165) is 0 Å². The summed E-state index contributed by atoms with van der Waals surface area (Å²) in [5.74, 6) is -0.469. The van der Waals surface area contributed by atoms with Crippen LogP contribution in [-0.2, 0) is 37.1 Å². The molecule has 0 aliphatic carbocycles. The van der Waals surface area contributed by atoms with E-state index in [2.05, 4.69) is 0 Å². The summed E-state index contributed by atoms with van der Waals surface area (Å²) in [6.45, 7) is 4.98. The Hall–Kier alpha value is -1.34. The van der Waals surface area contributed by atoms with Gasteiger partial charge in [-0.3, -0.25) is 13.6 Å². The summed E-state index contributed by atoms with van der Waals surface area (Å²) < 4.78 is 42.3. The number of rotatable bonds is 7. The molecule has 0 saturated heterocycles. The highest BCUT2D eigenvalue weighted by Gasteiger charge is 2.34. The van der Waals surface area contributed by atoms with Crippen LogP contribution in [0.4, 0.5) is 0 Å². The molecule has 1 unspecified atom stereocenters. The summed E-state index contributed by atoms with van der Waals surface area (Å²) in [6, 6.07) is 0. The van der Waals surface area contributed by atoms with Crippen LogP contribution in [0.25, 0.3) is 0 Å². The number of phosphoric ester groups is 1. The zero-order valence-electron chi connectivity index (χ0n) is 13.5. The summed E-state index contributed by atoms with van der Waals surface area (Å²) in [4.78, 5) is 11.5. The maximum Gasteiger partial charge on any atom is 0.475 e. The molecule has 0 aromatic rings. The SMILES string of the molecule is COC1=C(OC)/C(=C\COP(=O)(OC)OC(C)(C)C)OC1=O. The van der Waals surface area contributed by atoms with Gasteiger partial charge in [-0.15, -0.1) is 0 Å². The lowest BCUT2D eigenvalue weighted by Gasteiger charge is -2.24. The molecule has 1 aliphatic rings. The molecule has 22 heavy (non-hydrogen) atoms. The van der Waals surface area contributed by atoms with Crippen molar-refractivity contribution < 1.29 is 37.1 Å². The van der Waals surface area contributed by atoms with E-state index < -0.39 is 19.4 Å². The van der Waals surface area contributed by atoms with Gasteiger partial charge in [-0.05, 0) is 26.8 Å². The monoisotopic (exact) mass is 336 g/mol. The van der Waals surface area contributed by atoms with E-state index in [0.29, 0.717) is 0 Å². The third-order valence-electron chi connectivity index (χ3n) is 2.34. The number of methoxy groups -OCH3 is 2. The molecule has 1 atom stereocenters. The van der Waals surface area contributed by atoms with Crippen molar-refractivity contribution >= 4 is 13.8 Å². The minimum absolute atomic E-state index is 0.0467. The van der Waals surface area contributed by atoms with Crippen molar-refractivity contribution in [3.63, 3.8) is 0 Å². The molecule has 0 radical (unpaired) electrons. The van der Waals surface area contributed by atoms with E-state index in [1.165, 1.54) is 27.4 Å². The van der Waals surface area contributed by atoms with Gasteiger partial charge in [-0.25, -0.2) is 9.36 Å². The number of carbonyl (C=O) groups is 1. The third-order valence-corrected chi connectivity index (χ3v) is 4.02. The summed E-state index contributed by atoms with van der Waals surface area (Å²) in [5.41, 5.74) is -0.709. The number of carbonyl (C=O) groups excluding carboxylic acids is 1. The Kier molecular flexibility index (Phi) is 6.19. The van der Waals surface area contributed by atoms with Gasteiger partial charge >= 0.3 is 13.8 Å². The molecule has 0 saturated carbocycles. The first-order valence-corrected chi connectivity index (χ1v) is 7.88. The van der Waals surface area contributed by atoms with Gasteiger partial charge in [0.2, 0.25) is 5.76 Å². The maximum absolute atomic E-state index is 12.2. The average molecular weight is 336 g/mol. The third kappa shape index (κ3) is 4.84. The molecule has 0 fully saturated rings. The smallest absolute Gasteiger partial charge is 0.475 e. The zero-order chi connectivity index (χ0) is 17.0. The second kappa shape index (κ2) is 7.28. The minimum atomic E-state index is -3.72. The molecular weight excluding hydrogens is 315 g/mol. The lowest BCUT2D eigenvalue weighted by molar-refractivity contribution is -0.136. The highest BCUT2D eigenvalue weighted by Crippen LogP contribution is 2.51. The van der Waals surface area contributed by atoms with Gasteiger partial charge in [0, 0.05) is 7.11 Å². The molecule has 0 amide bonds. The zero-order valence-corrected chi connectivity index (χ0v) is 14.4. The van der Waals surface area contributed by atoms with Crippen LogP contribution in [0.1, 0.15) is 20.8 Å². The topological polar surface area (TPSA) is 89.5 Å². The van der Waals surface area contributed by atoms with Crippen molar-refractivity contribution in [3.8, 4) is 0 Å². The molecule has 9 heteroatoms. The largest absolute Gasteiger partial charge is 0.490 e. The molecule has 8 nitrogen and oxygen atoms in total. The average Bonchev–Trinajstić information content (AvgIpc) is 2.71. The fourth-order valence-corrected chi connectivity index (χ4v) is 2.72. The Labute approximate surface area is 129 Å². The van der Waals surface area contributed by atoms with Crippen LogP contribution in [0, 0.1) is 0 Å². The Morgan fingerprint density at radius 3 is 2.18 bits per heavy atom. The molecule has 0 aromatic heterocycles. The number of hydrogen-bond acceptors (Lipinski definition) is 8. The Bertz CT molecular complexity index is 529. The molecule has 1 rings (SSSR count).